The van der Waals surface area contributed by atoms with Gasteiger partial charge in [-0.25, -0.2) is 19.2 Å². The smallest absolute Gasteiger partial charge is 0.343 e. The molecule has 0 saturated heterocycles. The van der Waals surface area contributed by atoms with Crippen LogP contribution in [0, 0.1) is 0 Å². The van der Waals surface area contributed by atoms with Crippen LogP contribution in [0.5, 0.6) is 23.0 Å². The lowest BCUT2D eigenvalue weighted by atomic mass is 10.2. The molecule has 260 valence electrons. The normalized spacial score (nSPS) is 10.4. The topological polar surface area (TPSA) is 124 Å². The molecule has 49 heavy (non-hydrogen) atoms. The van der Waals surface area contributed by atoms with E-state index in [9.17, 15) is 19.2 Å². The Morgan fingerprint density at radius 3 is 1.57 bits per heavy atom. The molecule has 0 unspecified atom stereocenters. The molecular weight excluding hydrogens is 648 g/mol. The zero-order valence-corrected chi connectivity index (χ0v) is 28.5. The number of unbranched alkanes of at least 4 members (excludes halogenated alkanes) is 3. The maximum absolute atomic E-state index is 13.0. The average molecular weight is 691 g/mol. The molecule has 3 aromatic rings. The van der Waals surface area contributed by atoms with Crippen LogP contribution in [0.3, 0.4) is 0 Å². The van der Waals surface area contributed by atoms with Crippen molar-refractivity contribution >= 4 is 35.6 Å². The summed E-state index contributed by atoms with van der Waals surface area (Å²) in [5.74, 6) is 0.714. The maximum atomic E-state index is 13.0. The Labute approximate surface area is 291 Å². The molecule has 0 spiro atoms. The van der Waals surface area contributed by atoms with E-state index in [2.05, 4.69) is 20.1 Å². The van der Waals surface area contributed by atoms with Gasteiger partial charge < -0.3 is 28.4 Å². The Bertz CT molecular complexity index is 1530. The first-order valence-corrected chi connectivity index (χ1v) is 17.1. The molecule has 11 heteroatoms. The number of thioether (sulfide) groups is 1. The first-order valence-electron chi connectivity index (χ1n) is 16.1. The second kappa shape index (κ2) is 21.8. The van der Waals surface area contributed by atoms with Gasteiger partial charge in [0.1, 0.15) is 23.0 Å². The van der Waals surface area contributed by atoms with Crippen molar-refractivity contribution in [2.75, 3.05) is 32.2 Å². The Kier molecular flexibility index (Phi) is 17.1. The molecule has 0 heterocycles. The van der Waals surface area contributed by atoms with Crippen LogP contribution in [0.2, 0.25) is 0 Å². The molecule has 0 fully saturated rings. The number of rotatable bonds is 22. The van der Waals surface area contributed by atoms with Crippen molar-refractivity contribution in [3.63, 3.8) is 0 Å². The van der Waals surface area contributed by atoms with Gasteiger partial charge in [-0.2, -0.15) is 0 Å². The van der Waals surface area contributed by atoms with E-state index >= 15 is 0 Å². The van der Waals surface area contributed by atoms with E-state index in [4.69, 9.17) is 28.4 Å². The van der Waals surface area contributed by atoms with Crippen LogP contribution in [0.1, 0.15) is 66.2 Å². The quantitative estimate of drug-likeness (QED) is 0.0337. The van der Waals surface area contributed by atoms with Gasteiger partial charge in [0.05, 0.1) is 42.4 Å². The highest BCUT2D eigenvalue weighted by Crippen LogP contribution is 2.34. The Balaban J connectivity index is 1.53. The summed E-state index contributed by atoms with van der Waals surface area (Å²) < 4.78 is 32.7. The minimum absolute atomic E-state index is 0.299. The summed E-state index contributed by atoms with van der Waals surface area (Å²) in [4.78, 5) is 48.7. The van der Waals surface area contributed by atoms with Crippen LogP contribution in [0.4, 0.5) is 0 Å². The van der Waals surface area contributed by atoms with Gasteiger partial charge in [0, 0.05) is 12.2 Å². The van der Waals surface area contributed by atoms with Gasteiger partial charge in [-0.15, -0.1) is 11.8 Å². The maximum Gasteiger partial charge on any atom is 0.343 e. The standard InChI is InChI=1S/C38H42O10S/c1-4-7-26-49-34-27-32(47-37(41)28-12-16-30(17-13-28)43-22-8-10-24-45-35(39)5-2)20-21-33(34)48-38(42)29-14-18-31(19-15-29)44-23-9-11-25-46-36(40)6-3/h5-6,12-21,27H,2-4,7-11,22-26H2,1H3. The molecule has 0 amide bonds. The summed E-state index contributed by atoms with van der Waals surface area (Å²) in [5, 5.41) is 0. The highest BCUT2D eigenvalue weighted by Gasteiger charge is 2.16. The molecule has 0 bridgehead atoms. The molecule has 0 aliphatic carbocycles. The third-order valence-corrected chi connectivity index (χ3v) is 7.82. The highest BCUT2D eigenvalue weighted by atomic mass is 32.2. The third kappa shape index (κ3) is 14.3. The number of benzene rings is 3. The summed E-state index contributed by atoms with van der Waals surface area (Å²) >= 11 is 1.52. The van der Waals surface area contributed by atoms with Crippen LogP contribution < -0.4 is 18.9 Å². The SMILES string of the molecule is C=CC(=O)OCCCCOc1ccc(C(=O)Oc2ccc(OC(=O)c3ccc(OCCCCOC(=O)C=C)cc3)c(SCCCC)c2)cc1. The van der Waals surface area contributed by atoms with Crippen LogP contribution in [0.15, 0.2) is 96.9 Å². The summed E-state index contributed by atoms with van der Waals surface area (Å²) in [6.07, 6.45) is 6.91. The second-order valence-corrected chi connectivity index (χ2v) is 11.6. The molecule has 0 aliphatic heterocycles. The summed E-state index contributed by atoms with van der Waals surface area (Å²) in [6.45, 7) is 10.3. The molecule has 3 rings (SSSR count). The minimum atomic E-state index is -0.539. The predicted octanol–water partition coefficient (Wildman–Crippen LogP) is 7.79. The molecule has 0 aliphatic rings. The predicted molar refractivity (Wildman–Crippen MR) is 187 cm³/mol. The lowest BCUT2D eigenvalue weighted by Crippen LogP contribution is -2.11. The van der Waals surface area contributed by atoms with Gasteiger partial charge in [-0.1, -0.05) is 26.5 Å². The van der Waals surface area contributed by atoms with Crippen molar-refractivity contribution in [1.29, 1.82) is 0 Å². The Morgan fingerprint density at radius 2 is 1.08 bits per heavy atom. The van der Waals surface area contributed by atoms with Gasteiger partial charge in [0.15, 0.2) is 0 Å². The van der Waals surface area contributed by atoms with Crippen molar-refractivity contribution in [3.05, 3.63) is 103 Å². The van der Waals surface area contributed by atoms with Gasteiger partial charge in [-0.05, 0) is 105 Å². The highest BCUT2D eigenvalue weighted by molar-refractivity contribution is 7.99. The van der Waals surface area contributed by atoms with Crippen LogP contribution in [-0.2, 0) is 19.1 Å². The molecule has 10 nitrogen and oxygen atoms in total. The number of hydrogen-bond donors (Lipinski definition) is 0. The monoisotopic (exact) mass is 690 g/mol. The van der Waals surface area contributed by atoms with Crippen molar-refractivity contribution in [2.45, 2.75) is 50.3 Å². The Hall–Kier alpha value is -5.03. The molecule has 0 saturated carbocycles. The van der Waals surface area contributed by atoms with Gasteiger partial charge in [-0.3, -0.25) is 0 Å². The fraction of sp³-hybridized carbons (Fsp3) is 0.316. The zero-order chi connectivity index (χ0) is 35.3. The van der Waals surface area contributed by atoms with Crippen molar-refractivity contribution < 1.29 is 47.6 Å². The number of hydrogen-bond acceptors (Lipinski definition) is 11. The van der Waals surface area contributed by atoms with Gasteiger partial charge >= 0.3 is 23.9 Å². The van der Waals surface area contributed by atoms with Crippen LogP contribution >= 0.6 is 11.8 Å². The summed E-state index contributed by atoms with van der Waals surface area (Å²) in [7, 11) is 0. The van der Waals surface area contributed by atoms with Crippen LogP contribution in [-0.4, -0.2) is 56.1 Å². The number of carbonyl (C=O) groups is 4. The van der Waals surface area contributed by atoms with E-state index in [1.165, 1.54) is 11.8 Å². The molecular formula is C38H42O10S. The van der Waals surface area contributed by atoms with Crippen molar-refractivity contribution in [2.24, 2.45) is 0 Å². The lowest BCUT2D eigenvalue weighted by Gasteiger charge is -2.13. The minimum Gasteiger partial charge on any atom is -0.494 e. The molecule has 3 aromatic carbocycles. The molecule has 0 radical (unpaired) electrons. The fourth-order valence-corrected chi connectivity index (χ4v) is 5.13. The molecule has 0 N–H and O–H groups in total. The number of esters is 4. The van der Waals surface area contributed by atoms with E-state index < -0.39 is 23.9 Å². The van der Waals surface area contributed by atoms with Crippen molar-refractivity contribution in [3.8, 4) is 23.0 Å². The average Bonchev–Trinajstić information content (AvgIpc) is 3.12. The van der Waals surface area contributed by atoms with Gasteiger partial charge in [0.2, 0.25) is 0 Å². The largest absolute Gasteiger partial charge is 0.494 e. The van der Waals surface area contributed by atoms with Gasteiger partial charge in [0.25, 0.3) is 0 Å². The van der Waals surface area contributed by atoms with E-state index in [1.807, 2.05) is 0 Å². The van der Waals surface area contributed by atoms with E-state index in [1.54, 1.807) is 66.7 Å². The zero-order valence-electron chi connectivity index (χ0n) is 27.7. The summed E-state index contributed by atoms with van der Waals surface area (Å²) in [6, 6.07) is 18.2. The second-order valence-electron chi connectivity index (χ2n) is 10.5. The molecule has 0 aromatic heterocycles. The lowest BCUT2D eigenvalue weighted by molar-refractivity contribution is -0.138. The number of ether oxygens (including phenoxy) is 6. The van der Waals surface area contributed by atoms with Crippen LogP contribution in [0.25, 0.3) is 0 Å². The first-order chi connectivity index (χ1) is 23.8. The fourth-order valence-electron chi connectivity index (χ4n) is 4.03. The van der Waals surface area contributed by atoms with E-state index in [0.29, 0.717) is 91.1 Å². The van der Waals surface area contributed by atoms with E-state index in [-0.39, 0.29) is 0 Å². The van der Waals surface area contributed by atoms with Crippen molar-refractivity contribution in [1.82, 2.24) is 0 Å². The third-order valence-electron chi connectivity index (χ3n) is 6.70. The first kappa shape index (κ1) is 38.4. The number of carbonyl (C=O) groups excluding carboxylic acids is 4. The summed E-state index contributed by atoms with van der Waals surface area (Å²) in [5.41, 5.74) is 0.700. The molecule has 0 atom stereocenters. The van der Waals surface area contributed by atoms with E-state index in [0.717, 1.165) is 30.7 Å². The Morgan fingerprint density at radius 1 is 0.612 bits per heavy atom.